The zero-order valence-corrected chi connectivity index (χ0v) is 13.1. The highest BCUT2D eigenvalue weighted by atomic mass is 79.9. The molecule has 0 heterocycles. The van der Waals surface area contributed by atoms with Crippen LogP contribution in [0.25, 0.3) is 0 Å². The summed E-state index contributed by atoms with van der Waals surface area (Å²) < 4.78 is 0.957. The first kappa shape index (κ1) is 15.9. The van der Waals surface area contributed by atoms with Gasteiger partial charge in [-0.15, -0.1) is 0 Å². The fraction of sp³-hybridized carbons (Fsp3) is 0.500. The van der Waals surface area contributed by atoms with Crippen molar-refractivity contribution in [1.29, 1.82) is 5.26 Å². The number of nitriles is 1. The summed E-state index contributed by atoms with van der Waals surface area (Å²) in [4.78, 5) is 12.5. The maximum atomic E-state index is 12.5. The Labute approximate surface area is 124 Å². The molecule has 0 bridgehead atoms. The average molecular weight is 322 g/mol. The van der Waals surface area contributed by atoms with Gasteiger partial charge in [-0.1, -0.05) is 54.8 Å². The van der Waals surface area contributed by atoms with Crippen molar-refractivity contribution in [2.24, 2.45) is 5.92 Å². The van der Waals surface area contributed by atoms with Gasteiger partial charge in [-0.3, -0.25) is 4.79 Å². The summed E-state index contributed by atoms with van der Waals surface area (Å²) >= 11 is 3.36. The molecule has 1 rings (SSSR count). The predicted molar refractivity (Wildman–Crippen MR) is 80.8 cm³/mol. The smallest absolute Gasteiger partial charge is 0.157 e. The highest BCUT2D eigenvalue weighted by Gasteiger charge is 2.26. The molecule has 1 aromatic rings. The van der Waals surface area contributed by atoms with Gasteiger partial charge < -0.3 is 0 Å². The summed E-state index contributed by atoms with van der Waals surface area (Å²) in [6.07, 6.45) is 3.71. The maximum absolute atomic E-state index is 12.5. The van der Waals surface area contributed by atoms with Gasteiger partial charge in [-0.25, -0.2) is 0 Å². The molecule has 3 heteroatoms. The van der Waals surface area contributed by atoms with Crippen LogP contribution in [0, 0.1) is 17.2 Å². The molecule has 0 radical (unpaired) electrons. The minimum absolute atomic E-state index is 0.0169. The molecule has 0 aliphatic rings. The summed E-state index contributed by atoms with van der Waals surface area (Å²) in [6.45, 7) is 4.16. The Balaban J connectivity index is 2.92. The van der Waals surface area contributed by atoms with Gasteiger partial charge in [0.15, 0.2) is 5.78 Å². The third kappa shape index (κ3) is 4.47. The minimum atomic E-state index is -0.629. The number of carbonyl (C=O) groups is 1. The van der Waals surface area contributed by atoms with Crippen LogP contribution < -0.4 is 0 Å². The largest absolute Gasteiger partial charge is 0.298 e. The van der Waals surface area contributed by atoms with Crippen molar-refractivity contribution in [3.63, 3.8) is 0 Å². The molecule has 2 nitrogen and oxygen atoms in total. The molecule has 0 fully saturated rings. The lowest BCUT2D eigenvalue weighted by Crippen LogP contribution is -2.21. The first-order valence-electron chi connectivity index (χ1n) is 6.82. The molecule has 1 unspecified atom stereocenters. The number of Topliss-reactive ketones (excluding diaryl/α,β-unsaturated/α-hetero) is 1. The summed E-state index contributed by atoms with van der Waals surface area (Å²) in [6, 6.07) is 9.63. The van der Waals surface area contributed by atoms with Crippen molar-refractivity contribution in [3.8, 4) is 6.07 Å². The van der Waals surface area contributed by atoms with E-state index in [0.29, 0.717) is 0 Å². The lowest BCUT2D eigenvalue weighted by atomic mass is 9.84. The van der Waals surface area contributed by atoms with Crippen molar-refractivity contribution in [3.05, 3.63) is 34.3 Å². The van der Waals surface area contributed by atoms with Crippen molar-refractivity contribution in [1.82, 2.24) is 0 Å². The van der Waals surface area contributed by atoms with Crippen molar-refractivity contribution in [2.45, 2.75) is 45.4 Å². The summed E-state index contributed by atoms with van der Waals surface area (Å²) in [5.41, 5.74) is 0.799. The molecular formula is C16H20BrNO. The molecule has 0 N–H and O–H groups in total. The maximum Gasteiger partial charge on any atom is 0.157 e. The van der Waals surface area contributed by atoms with Crippen LogP contribution >= 0.6 is 15.9 Å². The predicted octanol–water partition coefficient (Wildman–Crippen LogP) is 4.84. The minimum Gasteiger partial charge on any atom is -0.298 e. The number of halogens is 1. The number of hydrogen-bond donors (Lipinski definition) is 0. The quantitative estimate of drug-likeness (QED) is 0.720. The average Bonchev–Trinajstić information content (AvgIpc) is 2.41. The van der Waals surface area contributed by atoms with E-state index >= 15 is 0 Å². The Morgan fingerprint density at radius 1 is 1.21 bits per heavy atom. The van der Waals surface area contributed by atoms with Gasteiger partial charge >= 0.3 is 0 Å². The topological polar surface area (TPSA) is 40.9 Å². The van der Waals surface area contributed by atoms with Crippen LogP contribution in [0.1, 0.15) is 51.0 Å². The zero-order chi connectivity index (χ0) is 14.3. The first-order chi connectivity index (χ1) is 9.13. The number of nitrogens with zero attached hydrogens (tertiary/aromatic N) is 1. The fourth-order valence-corrected chi connectivity index (χ4v) is 2.58. The van der Waals surface area contributed by atoms with E-state index in [2.05, 4.69) is 35.8 Å². The lowest BCUT2D eigenvalue weighted by molar-refractivity contribution is -0.123. The van der Waals surface area contributed by atoms with E-state index in [0.717, 1.165) is 35.7 Å². The molecule has 1 aromatic carbocycles. The molecule has 0 aliphatic carbocycles. The molecule has 102 valence electrons. The molecule has 0 saturated carbocycles. The Morgan fingerprint density at radius 3 is 2.16 bits per heavy atom. The number of ketones is 1. The summed E-state index contributed by atoms with van der Waals surface area (Å²) in [7, 11) is 0. The van der Waals surface area contributed by atoms with Gasteiger partial charge in [0.1, 0.15) is 5.92 Å². The molecule has 0 aromatic heterocycles. The highest BCUT2D eigenvalue weighted by Crippen LogP contribution is 2.26. The van der Waals surface area contributed by atoms with Crippen molar-refractivity contribution >= 4 is 21.7 Å². The van der Waals surface area contributed by atoms with Crippen LogP contribution in [-0.2, 0) is 4.79 Å². The van der Waals surface area contributed by atoms with Gasteiger partial charge in [-0.2, -0.15) is 5.26 Å². The Kier molecular flexibility index (Phi) is 6.80. The van der Waals surface area contributed by atoms with Crippen LogP contribution in [0.4, 0.5) is 0 Å². The van der Waals surface area contributed by atoms with Crippen LogP contribution in [0.15, 0.2) is 28.7 Å². The highest BCUT2D eigenvalue weighted by molar-refractivity contribution is 9.10. The van der Waals surface area contributed by atoms with E-state index < -0.39 is 5.92 Å². The normalized spacial score (nSPS) is 12.2. The van der Waals surface area contributed by atoms with Gasteiger partial charge in [0.25, 0.3) is 0 Å². The molecule has 0 aliphatic heterocycles. The van der Waals surface area contributed by atoms with E-state index in [1.54, 1.807) is 0 Å². The Hall–Kier alpha value is -1.14. The van der Waals surface area contributed by atoms with Crippen LogP contribution in [0.5, 0.6) is 0 Å². The second-order valence-electron chi connectivity index (χ2n) is 4.79. The van der Waals surface area contributed by atoms with Crippen molar-refractivity contribution < 1.29 is 4.79 Å². The third-order valence-corrected chi connectivity index (χ3v) is 3.82. The van der Waals surface area contributed by atoms with Gasteiger partial charge in [0.05, 0.1) is 6.07 Å². The lowest BCUT2D eigenvalue weighted by Gasteiger charge is -2.17. The van der Waals surface area contributed by atoms with E-state index in [-0.39, 0.29) is 11.7 Å². The second kappa shape index (κ2) is 8.12. The van der Waals surface area contributed by atoms with Crippen molar-refractivity contribution in [2.75, 3.05) is 0 Å². The van der Waals surface area contributed by atoms with Gasteiger partial charge in [0, 0.05) is 10.4 Å². The summed E-state index contributed by atoms with van der Waals surface area (Å²) in [5.74, 6) is -0.534. The zero-order valence-electron chi connectivity index (χ0n) is 11.5. The second-order valence-corrected chi connectivity index (χ2v) is 5.71. The monoisotopic (exact) mass is 321 g/mol. The number of carbonyl (C=O) groups excluding carboxylic acids is 1. The van der Waals surface area contributed by atoms with Crippen LogP contribution in [0.3, 0.4) is 0 Å². The molecule has 0 saturated heterocycles. The third-order valence-electron chi connectivity index (χ3n) is 3.29. The van der Waals surface area contributed by atoms with E-state index in [9.17, 15) is 10.1 Å². The number of benzene rings is 1. The van der Waals surface area contributed by atoms with E-state index in [1.165, 1.54) is 0 Å². The van der Waals surface area contributed by atoms with Gasteiger partial charge in [-0.05, 0) is 30.5 Å². The Morgan fingerprint density at radius 2 is 1.74 bits per heavy atom. The van der Waals surface area contributed by atoms with E-state index in [4.69, 9.17) is 0 Å². The fourth-order valence-electron chi connectivity index (χ4n) is 2.32. The van der Waals surface area contributed by atoms with Crippen LogP contribution in [0.2, 0.25) is 0 Å². The van der Waals surface area contributed by atoms with Crippen LogP contribution in [-0.4, -0.2) is 5.78 Å². The SMILES string of the molecule is CCCC(CCC)C(=O)C(C#N)c1ccc(Br)cc1. The Bertz CT molecular complexity index is 441. The first-order valence-corrected chi connectivity index (χ1v) is 7.62. The van der Waals surface area contributed by atoms with E-state index in [1.807, 2.05) is 24.3 Å². The molecular weight excluding hydrogens is 302 g/mol. The standard InChI is InChI=1S/C16H20BrNO/c1-3-5-13(6-4-2)16(19)15(11-18)12-7-9-14(17)10-8-12/h7-10,13,15H,3-6H2,1-2H3. The molecule has 0 spiro atoms. The molecule has 19 heavy (non-hydrogen) atoms. The number of rotatable bonds is 7. The molecule has 0 amide bonds. The summed E-state index contributed by atoms with van der Waals surface area (Å²) in [5, 5.41) is 9.32. The molecule has 1 atom stereocenters. The number of hydrogen-bond acceptors (Lipinski definition) is 2. The van der Waals surface area contributed by atoms with Gasteiger partial charge in [0.2, 0.25) is 0 Å².